The maximum atomic E-state index is 13.2. The molecule has 6 heterocycles. The Morgan fingerprint density at radius 1 is 0.416 bits per heavy atom. The highest BCUT2D eigenvalue weighted by molar-refractivity contribution is 9.11. The summed E-state index contributed by atoms with van der Waals surface area (Å²) in [5, 5.41) is 23.7. The number of nitrogens with zero attached hydrogens (tertiary/aromatic N) is 3. The second-order valence-corrected chi connectivity index (χ2v) is 44.2. The molecule has 0 saturated heterocycles. The number of nitrogens with one attached hydrogen (secondary N) is 3. The van der Waals surface area contributed by atoms with E-state index in [4.69, 9.17) is 72.4 Å². The van der Waals surface area contributed by atoms with Crippen molar-refractivity contribution in [2.45, 2.75) is 304 Å². The molecule has 5 aromatic carbocycles. The van der Waals surface area contributed by atoms with E-state index in [9.17, 15) is 38.7 Å². The molecule has 10 aliphatic rings. The van der Waals surface area contributed by atoms with Gasteiger partial charge in [-0.05, 0) is 346 Å². The van der Waals surface area contributed by atoms with Gasteiger partial charge in [0.2, 0.25) is 0 Å². The maximum Gasteiger partial charge on any atom is 0.404 e. The number of methoxy groups -OCH3 is 3. The quantitative estimate of drug-likeness (QED) is 0.0365. The van der Waals surface area contributed by atoms with Gasteiger partial charge in [0.05, 0.1) is 65.9 Å². The van der Waals surface area contributed by atoms with Crippen molar-refractivity contribution in [3.63, 3.8) is 0 Å². The first kappa shape index (κ1) is 109. The van der Waals surface area contributed by atoms with Crippen molar-refractivity contribution in [2.75, 3.05) is 63.6 Å². The third-order valence-corrected chi connectivity index (χ3v) is 31.9. The topological polar surface area (TPSA) is 356 Å². The number of carboxylic acids is 1. The van der Waals surface area contributed by atoms with E-state index in [0.29, 0.717) is 144 Å². The lowest BCUT2D eigenvalue weighted by molar-refractivity contribution is -0.123. The minimum atomic E-state index is -0.990. The Morgan fingerprint density at radius 3 is 0.927 bits per heavy atom. The molecule has 0 bridgehead atoms. The van der Waals surface area contributed by atoms with Crippen LogP contribution in [0.5, 0.6) is 57.5 Å². The number of pyridine rings is 1. The summed E-state index contributed by atoms with van der Waals surface area (Å²) in [7, 11) is 16.9. The fraction of sp³-hybridized carbons (Fsp3) is 0.602. The molecule has 0 spiro atoms. The summed E-state index contributed by atoms with van der Waals surface area (Å²) in [6, 6.07) is 12.6. The molecule has 5 unspecified atom stereocenters. The highest BCUT2D eigenvalue weighted by Crippen LogP contribution is 2.58. The third-order valence-electron chi connectivity index (χ3n) is 28.9. The number of fused-ring (bicyclic) bond motifs is 5. The number of hydrogen-bond acceptors (Lipinski definition) is 24. The summed E-state index contributed by atoms with van der Waals surface area (Å²) in [6.45, 7) is 29.6. The number of halogens is 5. The van der Waals surface area contributed by atoms with Gasteiger partial charge >= 0.3 is 30.0 Å². The van der Waals surface area contributed by atoms with E-state index in [1.165, 1.54) is 21.3 Å². The average Bonchev–Trinajstić information content (AvgIpc) is 1.62. The van der Waals surface area contributed by atoms with E-state index in [1.54, 1.807) is 44.2 Å². The van der Waals surface area contributed by atoms with Crippen molar-refractivity contribution in [1.82, 2.24) is 30.3 Å². The number of benzene rings is 5. The van der Waals surface area contributed by atoms with E-state index in [2.05, 4.69) is 173 Å². The number of aromatic nitrogens is 1. The van der Waals surface area contributed by atoms with E-state index in [-0.39, 0.29) is 65.4 Å². The number of aryl methyl sites for hydroxylation is 2. The number of carbonyl (C=O) groups excluding carboxylic acids is 4. The molecule has 0 radical (unpaired) electrons. The number of ether oxygens (including phenoxy) is 13. The van der Waals surface area contributed by atoms with Crippen molar-refractivity contribution in [3.8, 4) is 57.5 Å². The van der Waals surface area contributed by atoms with Gasteiger partial charge in [0, 0.05) is 146 Å². The number of carbonyl (C=O) groups is 6. The lowest BCUT2D eigenvalue weighted by Gasteiger charge is -2.39. The number of carboxylic acid groups (broad SMARTS) is 2. The van der Waals surface area contributed by atoms with Crippen LogP contribution in [0.1, 0.15) is 287 Å². The van der Waals surface area contributed by atoms with E-state index in [0.717, 1.165) is 173 Å². The Morgan fingerprint density at radius 2 is 0.664 bits per heavy atom. The maximum absolute atomic E-state index is 13.2. The number of esters is 3. The van der Waals surface area contributed by atoms with Gasteiger partial charge in [-0.25, -0.2) is 24.0 Å². The summed E-state index contributed by atoms with van der Waals surface area (Å²) in [4.78, 5) is 93.5. The molecule has 137 heavy (non-hydrogen) atoms. The first-order chi connectivity index (χ1) is 64.4. The normalized spacial score (nSPS) is 26.6. The number of H-pyrrole nitrogens is 1. The molecule has 34 heteroatoms. The fourth-order valence-corrected chi connectivity index (χ4v) is 22.9. The second-order valence-electron chi connectivity index (χ2n) is 39.9. The minimum Gasteiger partial charge on any atom is -0.478 e. The molecule has 5 saturated carbocycles. The molecular weight excluding hydrogens is 2090 g/mol. The van der Waals surface area contributed by atoms with Gasteiger partial charge < -0.3 is 108 Å². The van der Waals surface area contributed by atoms with Gasteiger partial charge in [-0.2, -0.15) is 0 Å². The Balaban J connectivity index is 0.000000164. The van der Waals surface area contributed by atoms with Crippen LogP contribution < -0.4 is 69.3 Å². The van der Waals surface area contributed by atoms with Crippen LogP contribution in [0, 0.1) is 77.0 Å². The molecule has 5 fully saturated rings. The number of aromatic carboxylic acids is 1. The second kappa shape index (κ2) is 45.4. The Bertz CT molecular complexity index is 5480. The molecule has 7 N–H and O–H groups in total. The van der Waals surface area contributed by atoms with Gasteiger partial charge in [0.25, 0.3) is 40.4 Å². The van der Waals surface area contributed by atoms with Gasteiger partial charge in [0.15, 0.2) is 57.5 Å². The molecule has 1 aromatic heterocycles. The Hall–Kier alpha value is -8.09. The van der Waals surface area contributed by atoms with Gasteiger partial charge in [-0.3, -0.25) is 9.59 Å². The Labute approximate surface area is 848 Å². The van der Waals surface area contributed by atoms with E-state index >= 15 is 0 Å². The van der Waals surface area contributed by atoms with Gasteiger partial charge in [0.1, 0.15) is 0 Å². The third kappa shape index (κ3) is 24.6. The zero-order valence-corrected chi connectivity index (χ0v) is 91.7. The first-order valence-electron chi connectivity index (χ1n) is 47.6. The fourth-order valence-electron chi connectivity index (χ4n) is 20.5. The first-order valence-corrected chi connectivity index (χ1v) is 51.6. The monoisotopic (exact) mass is 2220 g/mol. The van der Waals surface area contributed by atoms with Crippen LogP contribution in [0.4, 0.5) is 4.79 Å². The molecule has 6 aromatic rings. The predicted molar refractivity (Wildman–Crippen MR) is 542 cm³/mol. The number of aromatic amines is 1. The van der Waals surface area contributed by atoms with Crippen LogP contribution in [0.25, 0.3) is 0 Å². The lowest BCUT2D eigenvalue weighted by Crippen LogP contribution is -2.47. The number of rotatable bonds is 17. The van der Waals surface area contributed by atoms with Crippen molar-refractivity contribution >= 4 is 116 Å². The predicted octanol–water partition coefficient (Wildman–Crippen LogP) is 22.1. The van der Waals surface area contributed by atoms with Crippen LogP contribution in [-0.4, -0.2) is 189 Å². The minimum absolute atomic E-state index is 0.0319. The van der Waals surface area contributed by atoms with E-state index in [1.807, 2.05) is 75.3 Å². The molecule has 5 aliphatic heterocycles. The average molecular weight is 2230 g/mol. The largest absolute Gasteiger partial charge is 0.478 e. The zero-order chi connectivity index (χ0) is 101. The van der Waals surface area contributed by atoms with Gasteiger partial charge in [-0.15, -0.1) is 0 Å². The summed E-state index contributed by atoms with van der Waals surface area (Å²) >= 11 is 17.5. The highest BCUT2D eigenvalue weighted by Gasteiger charge is 2.54. The molecule has 2 amide bonds. The SMILES string of the molecule is CC(C)C.CCc1cc(C)[nH]c(=O)c1CNC(=O)c1cc(Br)c2c(c1C)OC(C)(C1CCC(N(C)C)CC1)O2.COC(=O)c1cc(Br)c2c(c1C)OC(C)(C1CCC(N(C)C)CC1)O2.COC(=O)c1cc(Br)c2c(c1C)OC(C)(C1CCC(N)CC1)O2.COC(=O)c1cc(Br)c2c(c1C)OC(C)(C1CCC(NC(=O)O)CC1)O2.Cc1c(C(=O)O)cc(Br)c2c1OC(C)(C1CCC(N(C)C)CC1)O2. The van der Waals surface area contributed by atoms with Crippen molar-refractivity contribution in [2.24, 2.45) is 41.2 Å². The van der Waals surface area contributed by atoms with Crippen LogP contribution in [-0.2, 0) is 27.2 Å². The van der Waals surface area contributed by atoms with Crippen LogP contribution in [0.3, 0.4) is 0 Å². The van der Waals surface area contributed by atoms with Crippen molar-refractivity contribution in [1.29, 1.82) is 0 Å². The van der Waals surface area contributed by atoms with Crippen LogP contribution >= 0.6 is 79.6 Å². The summed E-state index contributed by atoms with van der Waals surface area (Å²) < 4.78 is 80.6. The highest BCUT2D eigenvalue weighted by atomic mass is 79.9. The van der Waals surface area contributed by atoms with Crippen LogP contribution in [0.2, 0.25) is 0 Å². The molecule has 29 nitrogen and oxygen atoms in total. The summed E-state index contributed by atoms with van der Waals surface area (Å²) in [5.74, 6) is 2.17. The smallest absolute Gasteiger partial charge is 0.404 e. The molecule has 5 atom stereocenters. The summed E-state index contributed by atoms with van der Waals surface area (Å²) in [6.07, 6.45) is 19.7. The van der Waals surface area contributed by atoms with E-state index < -0.39 is 47.0 Å². The number of nitrogens with two attached hydrogens (primary N) is 1. The number of hydrogen-bond donors (Lipinski definition) is 6. The Kier molecular flexibility index (Phi) is 36.3. The zero-order valence-electron chi connectivity index (χ0n) is 83.7. The van der Waals surface area contributed by atoms with Crippen molar-refractivity contribution < 1.29 is 101 Å². The lowest BCUT2D eigenvalue weighted by atomic mass is 9.81. The molecule has 754 valence electrons. The molecule has 16 rings (SSSR count). The van der Waals surface area contributed by atoms with Crippen molar-refractivity contribution in [3.05, 3.63) is 142 Å². The van der Waals surface area contributed by atoms with Gasteiger partial charge in [-0.1, -0.05) is 27.7 Å². The van der Waals surface area contributed by atoms with Crippen LogP contribution in [0.15, 0.2) is 63.6 Å². The molecule has 5 aliphatic carbocycles. The summed E-state index contributed by atoms with van der Waals surface area (Å²) in [5.41, 5.74) is 13.9. The molecular formula is C103H140Br5N7O22. The standard InChI is InChI=1S/C27H36BrN3O4.C19H26BrNO4.C18H22BrNO6.C18H24BrNO4.C17H22BrNO4.C4H10/c1-7-17-12-15(2)30-26(33)21(17)14-29-25(32)20-13-22(28)24-23(16(20)3)34-27(4,35-24)18-8-10-19(11-9-18)31(5)6;1-11-14(18(22)23-5)10-15(20)17-16(11)24-19(2,25-17)12-6-8-13(9-7-12)21(3)4;1-9-12(16(21)24-3)8-13(19)15-14(9)25-18(2,26-15)10-4-6-11(7-5-10)20-17(22)23;1-10-13(17(21)22)9-14(19)16-15(10)23-18(2,24-16)11-5-7-12(8-6-11)20(3)4;1-9-12(16(20)21-3)8-13(18)15-14(9)22-17(2,23-15)10-4-6-11(19)7-5-10;1-4(2)3/h12-13,18-19H,7-11,14H2,1-6H3,(H,29,32)(H,30,33);10,12-13H,6-9H2,1-5H3;8,10-11,20H,4-7H2,1-3H3,(H,22,23);9,11-12H,5-8H2,1-4H3,(H,21,22);8,10-11H,4-7,19H2,1-3H3;4H,1-3H3. The number of amides is 2.